The Labute approximate surface area is 113 Å². The number of fused-ring (bicyclic) bond motifs is 1. The van der Waals surface area contributed by atoms with E-state index in [1.807, 2.05) is 5.32 Å². The van der Waals surface area contributed by atoms with Crippen LogP contribution in [0.15, 0.2) is 6.07 Å². The molecule has 0 saturated heterocycles. The highest BCUT2D eigenvalue weighted by Gasteiger charge is 2.27. The summed E-state index contributed by atoms with van der Waals surface area (Å²) in [6.45, 7) is -0.851. The number of nitrogens with one attached hydrogen (secondary N) is 2. The second-order valence-electron chi connectivity index (χ2n) is 4.51. The molecule has 0 aromatic carbocycles. The number of aryl methyl sites for hydroxylation is 2. The fourth-order valence-electron chi connectivity index (χ4n) is 2.04. The number of amides is 1. The minimum absolute atomic E-state index is 0.0986. The molecule has 106 valence electrons. The van der Waals surface area contributed by atoms with Crippen LogP contribution in [0.4, 0.5) is 13.2 Å². The first-order valence-electron chi connectivity index (χ1n) is 6.09. The summed E-state index contributed by atoms with van der Waals surface area (Å²) in [6, 6.07) is 2.12. The third-order valence-corrected chi connectivity index (χ3v) is 4.11. The molecule has 0 unspecified atom stereocenters. The van der Waals surface area contributed by atoms with Gasteiger partial charge in [0.1, 0.15) is 6.54 Å². The van der Waals surface area contributed by atoms with E-state index >= 15 is 0 Å². The van der Waals surface area contributed by atoms with Gasteiger partial charge in [-0.3, -0.25) is 4.79 Å². The Hall–Kier alpha value is -1.08. The van der Waals surface area contributed by atoms with Crippen molar-refractivity contribution in [2.75, 3.05) is 13.1 Å². The van der Waals surface area contributed by atoms with E-state index in [4.69, 9.17) is 0 Å². The van der Waals surface area contributed by atoms with Gasteiger partial charge in [0, 0.05) is 16.3 Å². The summed E-state index contributed by atoms with van der Waals surface area (Å²) in [5.41, 5.74) is 1.38. The summed E-state index contributed by atoms with van der Waals surface area (Å²) >= 11 is 1.72. The quantitative estimate of drug-likeness (QED) is 0.871. The van der Waals surface area contributed by atoms with Gasteiger partial charge in [0.2, 0.25) is 5.91 Å². The van der Waals surface area contributed by atoms with Crippen LogP contribution in [0.25, 0.3) is 0 Å². The molecule has 2 rings (SSSR count). The lowest BCUT2D eigenvalue weighted by Crippen LogP contribution is -2.39. The molecule has 0 spiro atoms. The highest BCUT2D eigenvalue weighted by Crippen LogP contribution is 2.30. The Morgan fingerprint density at radius 1 is 1.37 bits per heavy atom. The zero-order valence-electron chi connectivity index (χ0n) is 10.3. The van der Waals surface area contributed by atoms with Crippen molar-refractivity contribution in [1.82, 2.24) is 10.6 Å². The van der Waals surface area contributed by atoms with Crippen LogP contribution < -0.4 is 10.6 Å². The van der Waals surface area contributed by atoms with Crippen molar-refractivity contribution in [3.05, 3.63) is 21.4 Å². The molecular weight excluding hydrogens is 277 g/mol. The molecule has 0 atom stereocenters. The number of carbonyl (C=O) groups is 1. The molecule has 19 heavy (non-hydrogen) atoms. The van der Waals surface area contributed by atoms with E-state index in [0.29, 0.717) is 6.54 Å². The van der Waals surface area contributed by atoms with Crippen LogP contribution in [0, 0.1) is 0 Å². The standard InChI is InChI=1S/C12H15F3N2OS/c13-12(14,15)7-17-11(18)6-16-5-9-4-8-2-1-3-10(8)19-9/h4,16H,1-3,5-7H2,(H,17,18). The molecule has 1 aliphatic carbocycles. The molecule has 1 heterocycles. The number of hydrogen-bond acceptors (Lipinski definition) is 3. The van der Waals surface area contributed by atoms with E-state index in [9.17, 15) is 18.0 Å². The summed E-state index contributed by atoms with van der Waals surface area (Å²) in [4.78, 5) is 13.7. The number of hydrogen-bond donors (Lipinski definition) is 2. The van der Waals surface area contributed by atoms with Gasteiger partial charge in [0.15, 0.2) is 0 Å². The smallest absolute Gasteiger partial charge is 0.346 e. The van der Waals surface area contributed by atoms with Crippen LogP contribution in [0.3, 0.4) is 0 Å². The summed E-state index contributed by atoms with van der Waals surface area (Å²) in [7, 11) is 0. The van der Waals surface area contributed by atoms with E-state index in [-0.39, 0.29) is 6.54 Å². The van der Waals surface area contributed by atoms with E-state index in [2.05, 4.69) is 11.4 Å². The molecule has 1 aromatic rings. The number of rotatable bonds is 5. The van der Waals surface area contributed by atoms with Crippen LogP contribution in [-0.2, 0) is 24.2 Å². The van der Waals surface area contributed by atoms with Crippen LogP contribution in [-0.4, -0.2) is 25.2 Å². The first-order chi connectivity index (χ1) is 8.94. The number of thiophene rings is 1. The molecule has 0 saturated carbocycles. The Morgan fingerprint density at radius 3 is 2.84 bits per heavy atom. The lowest BCUT2D eigenvalue weighted by atomic mass is 10.2. The van der Waals surface area contributed by atoms with Crippen LogP contribution in [0.1, 0.15) is 21.7 Å². The molecule has 1 amide bonds. The van der Waals surface area contributed by atoms with Crippen molar-refractivity contribution in [2.45, 2.75) is 32.0 Å². The average Bonchev–Trinajstić information content (AvgIpc) is 2.85. The minimum Gasteiger partial charge on any atom is -0.346 e. The third-order valence-electron chi connectivity index (χ3n) is 2.87. The molecule has 1 aromatic heterocycles. The van der Waals surface area contributed by atoms with Crippen molar-refractivity contribution in [2.24, 2.45) is 0 Å². The van der Waals surface area contributed by atoms with Crippen molar-refractivity contribution < 1.29 is 18.0 Å². The highest BCUT2D eigenvalue weighted by atomic mass is 32.1. The predicted molar refractivity (Wildman–Crippen MR) is 67.1 cm³/mol. The van der Waals surface area contributed by atoms with Gasteiger partial charge in [0.05, 0.1) is 6.54 Å². The van der Waals surface area contributed by atoms with Gasteiger partial charge in [-0.05, 0) is 30.9 Å². The zero-order chi connectivity index (χ0) is 13.9. The number of halogens is 3. The monoisotopic (exact) mass is 292 g/mol. The van der Waals surface area contributed by atoms with Crippen LogP contribution in [0.5, 0.6) is 0 Å². The maximum atomic E-state index is 11.9. The number of alkyl halides is 3. The van der Waals surface area contributed by atoms with E-state index in [0.717, 1.165) is 17.7 Å². The lowest BCUT2D eigenvalue weighted by molar-refractivity contribution is -0.137. The highest BCUT2D eigenvalue weighted by molar-refractivity contribution is 7.12. The molecule has 1 aliphatic rings. The molecule has 0 fully saturated rings. The largest absolute Gasteiger partial charge is 0.405 e. The van der Waals surface area contributed by atoms with Crippen LogP contribution >= 0.6 is 11.3 Å². The molecule has 7 heteroatoms. The summed E-state index contributed by atoms with van der Waals surface area (Å²) < 4.78 is 35.6. The van der Waals surface area contributed by atoms with Gasteiger partial charge in [-0.2, -0.15) is 13.2 Å². The third kappa shape index (κ3) is 4.50. The Morgan fingerprint density at radius 2 is 2.16 bits per heavy atom. The van der Waals surface area contributed by atoms with E-state index < -0.39 is 18.6 Å². The van der Waals surface area contributed by atoms with Gasteiger partial charge in [-0.25, -0.2) is 0 Å². The van der Waals surface area contributed by atoms with Gasteiger partial charge < -0.3 is 10.6 Å². The SMILES string of the molecule is O=C(CNCc1cc2c(s1)CCC2)NCC(F)(F)F. The molecule has 0 aliphatic heterocycles. The summed E-state index contributed by atoms with van der Waals surface area (Å²) in [5.74, 6) is -0.638. The van der Waals surface area contributed by atoms with Crippen molar-refractivity contribution >= 4 is 17.2 Å². The molecule has 0 bridgehead atoms. The molecular formula is C12H15F3N2OS. The topological polar surface area (TPSA) is 41.1 Å². The fraction of sp³-hybridized carbons (Fsp3) is 0.583. The van der Waals surface area contributed by atoms with E-state index in [1.165, 1.54) is 16.9 Å². The van der Waals surface area contributed by atoms with Crippen LogP contribution in [0.2, 0.25) is 0 Å². The van der Waals surface area contributed by atoms with Gasteiger partial charge in [-0.1, -0.05) is 0 Å². The van der Waals surface area contributed by atoms with Crippen molar-refractivity contribution in [1.29, 1.82) is 0 Å². The Balaban J connectivity index is 1.67. The van der Waals surface area contributed by atoms with Crippen molar-refractivity contribution in [3.63, 3.8) is 0 Å². The summed E-state index contributed by atoms with van der Waals surface area (Å²) in [5, 5.41) is 4.68. The molecule has 3 nitrogen and oxygen atoms in total. The van der Waals surface area contributed by atoms with E-state index in [1.54, 1.807) is 11.3 Å². The minimum atomic E-state index is -4.36. The molecule has 2 N–H and O–H groups in total. The Kier molecular flexibility index (Phi) is 4.46. The first kappa shape index (κ1) is 14.3. The second kappa shape index (κ2) is 5.92. The maximum absolute atomic E-state index is 11.9. The van der Waals surface area contributed by atoms with Crippen molar-refractivity contribution in [3.8, 4) is 0 Å². The lowest BCUT2D eigenvalue weighted by Gasteiger charge is -2.08. The summed E-state index contributed by atoms with van der Waals surface area (Å²) in [6.07, 6.45) is -0.928. The zero-order valence-corrected chi connectivity index (χ0v) is 11.1. The van der Waals surface area contributed by atoms with Gasteiger partial charge in [0.25, 0.3) is 0 Å². The fourth-order valence-corrected chi connectivity index (χ4v) is 3.27. The normalized spacial score (nSPS) is 14.5. The predicted octanol–water partition coefficient (Wildman–Crippen LogP) is 2.00. The maximum Gasteiger partial charge on any atom is 0.405 e. The Bertz CT molecular complexity index is 435. The van der Waals surface area contributed by atoms with Gasteiger partial charge >= 0.3 is 6.18 Å². The number of carbonyl (C=O) groups excluding carboxylic acids is 1. The average molecular weight is 292 g/mol. The second-order valence-corrected chi connectivity index (χ2v) is 5.73. The first-order valence-corrected chi connectivity index (χ1v) is 6.90. The van der Waals surface area contributed by atoms with Gasteiger partial charge in [-0.15, -0.1) is 11.3 Å². The molecule has 0 radical (unpaired) electrons.